The molecule has 36 heavy (non-hydrogen) atoms. The van der Waals surface area contributed by atoms with E-state index >= 15 is 0 Å². The molecule has 0 saturated carbocycles. The summed E-state index contributed by atoms with van der Waals surface area (Å²) < 4.78 is 5.33. The maximum absolute atomic E-state index is 12.1. The normalized spacial score (nSPS) is 19.3. The Balaban J connectivity index is 1.33. The number of hydrogen-bond donors (Lipinski definition) is 2. The third kappa shape index (κ3) is 6.30. The molecule has 0 radical (unpaired) electrons. The molecule has 0 amide bonds. The minimum absolute atomic E-state index is 0.0263. The fourth-order valence-corrected chi connectivity index (χ4v) is 5.64. The average molecular weight is 531 g/mol. The van der Waals surface area contributed by atoms with Crippen LogP contribution in [-0.4, -0.2) is 52.8 Å². The molecule has 2 aromatic carbocycles. The Morgan fingerprint density at radius 3 is 2.86 bits per heavy atom. The molecule has 192 valence electrons. The first-order chi connectivity index (χ1) is 17.4. The second-order valence-corrected chi connectivity index (χ2v) is 10.3. The van der Waals surface area contributed by atoms with Crippen LogP contribution < -0.4 is 4.74 Å². The van der Waals surface area contributed by atoms with Crippen LogP contribution in [0, 0.1) is 11.8 Å². The number of benzene rings is 2. The largest absolute Gasteiger partial charge is 0.497 e. The minimum atomic E-state index is -0.767. The van der Waals surface area contributed by atoms with Crippen LogP contribution in [0.25, 0.3) is 10.9 Å². The molecule has 1 aliphatic rings. The number of methoxy groups -OCH3 is 1. The number of fused-ring (bicyclic) bond motifs is 1. The second-order valence-electron chi connectivity index (χ2n) is 9.49. The Morgan fingerprint density at radius 1 is 1.25 bits per heavy atom. The van der Waals surface area contributed by atoms with Gasteiger partial charge in [-0.2, -0.15) is 0 Å². The van der Waals surface area contributed by atoms with Crippen LogP contribution in [0.4, 0.5) is 0 Å². The van der Waals surface area contributed by atoms with Crippen LogP contribution in [-0.2, 0) is 11.2 Å². The standard InChI is InChI=1S/C28H32Cl2N2O4/c1-36-20-8-9-25-22(16-20)21(11-13-31-25)26(33)10-7-18-12-15-32(17-23(18)28(34)35)14-3-5-19-4-2-6-24(29)27(19)30/h2,4,6,8-9,11,13,16,18,23,26,33H,3,5,7,10,12,14-15,17H2,1H3,(H,34,35)/t18-,23+,26-/m1/s1. The summed E-state index contributed by atoms with van der Waals surface area (Å²) in [6.07, 6.45) is 4.63. The SMILES string of the molecule is COc1ccc2nccc([C@H](O)CC[C@@H]3CCN(CCCc4cccc(Cl)c4Cl)C[C@@H]3C(=O)O)c2c1. The predicted octanol–water partition coefficient (Wildman–Crippen LogP) is 6.02. The Labute approximate surface area is 221 Å². The number of hydrogen-bond acceptors (Lipinski definition) is 5. The molecular formula is C28H32Cl2N2O4. The number of nitrogens with zero attached hydrogens (tertiary/aromatic N) is 2. The highest BCUT2D eigenvalue weighted by atomic mass is 35.5. The van der Waals surface area contributed by atoms with E-state index in [4.69, 9.17) is 27.9 Å². The molecule has 8 heteroatoms. The summed E-state index contributed by atoms with van der Waals surface area (Å²) in [4.78, 5) is 18.7. The molecule has 4 rings (SSSR count). The summed E-state index contributed by atoms with van der Waals surface area (Å²) in [7, 11) is 1.61. The number of aryl methyl sites for hydroxylation is 1. The van der Waals surface area contributed by atoms with Crippen molar-refractivity contribution in [3.63, 3.8) is 0 Å². The van der Waals surface area contributed by atoms with Gasteiger partial charge in [0.1, 0.15) is 5.75 Å². The van der Waals surface area contributed by atoms with E-state index in [0.717, 1.165) is 54.4 Å². The number of aliphatic hydroxyl groups excluding tert-OH is 1. The zero-order valence-electron chi connectivity index (χ0n) is 20.4. The zero-order chi connectivity index (χ0) is 25.7. The molecule has 3 atom stereocenters. The van der Waals surface area contributed by atoms with Gasteiger partial charge in [0, 0.05) is 18.1 Å². The Hall–Kier alpha value is -2.38. The zero-order valence-corrected chi connectivity index (χ0v) is 21.9. The lowest BCUT2D eigenvalue weighted by atomic mass is 9.81. The van der Waals surface area contributed by atoms with Gasteiger partial charge in [0.15, 0.2) is 0 Å². The predicted molar refractivity (Wildman–Crippen MR) is 143 cm³/mol. The minimum Gasteiger partial charge on any atom is -0.497 e. The van der Waals surface area contributed by atoms with E-state index in [-0.39, 0.29) is 5.92 Å². The lowest BCUT2D eigenvalue weighted by molar-refractivity contribution is -0.146. The van der Waals surface area contributed by atoms with E-state index in [1.165, 1.54) is 0 Å². The highest BCUT2D eigenvalue weighted by molar-refractivity contribution is 6.42. The number of rotatable bonds is 10. The summed E-state index contributed by atoms with van der Waals surface area (Å²) in [5.74, 6) is -0.482. The summed E-state index contributed by atoms with van der Waals surface area (Å²) in [5.41, 5.74) is 2.61. The molecule has 0 aliphatic carbocycles. The van der Waals surface area contributed by atoms with Gasteiger partial charge in [-0.1, -0.05) is 35.3 Å². The van der Waals surface area contributed by atoms with Gasteiger partial charge in [0.2, 0.25) is 0 Å². The number of carboxylic acids is 1. The lowest BCUT2D eigenvalue weighted by Gasteiger charge is -2.37. The van der Waals surface area contributed by atoms with E-state index in [1.54, 1.807) is 19.4 Å². The number of halogens is 2. The number of aromatic nitrogens is 1. The summed E-state index contributed by atoms with van der Waals surface area (Å²) in [6.45, 7) is 2.19. The van der Waals surface area contributed by atoms with Gasteiger partial charge >= 0.3 is 5.97 Å². The summed E-state index contributed by atoms with van der Waals surface area (Å²) >= 11 is 12.4. The highest BCUT2D eigenvalue weighted by Crippen LogP contribution is 2.34. The number of piperidine rings is 1. The van der Waals surface area contributed by atoms with Gasteiger partial charge < -0.3 is 19.8 Å². The smallest absolute Gasteiger partial charge is 0.308 e. The molecule has 0 unspecified atom stereocenters. The first-order valence-corrected chi connectivity index (χ1v) is 13.1. The van der Waals surface area contributed by atoms with Crippen molar-refractivity contribution in [2.75, 3.05) is 26.7 Å². The number of carboxylic acid groups (broad SMARTS) is 1. The van der Waals surface area contributed by atoms with Gasteiger partial charge in [0.05, 0.1) is 34.7 Å². The number of likely N-dealkylation sites (tertiary alicyclic amines) is 1. The van der Waals surface area contributed by atoms with Crippen molar-refractivity contribution in [3.8, 4) is 5.75 Å². The second kappa shape index (κ2) is 12.2. The van der Waals surface area contributed by atoms with Crippen molar-refractivity contribution in [1.82, 2.24) is 9.88 Å². The average Bonchev–Trinajstić information content (AvgIpc) is 2.89. The maximum Gasteiger partial charge on any atom is 0.308 e. The number of aliphatic hydroxyl groups is 1. The van der Waals surface area contributed by atoms with Crippen molar-refractivity contribution in [1.29, 1.82) is 0 Å². The molecule has 0 bridgehead atoms. The Kier molecular flexibility index (Phi) is 9.07. The van der Waals surface area contributed by atoms with Crippen LogP contribution in [0.3, 0.4) is 0 Å². The molecule has 0 spiro atoms. The van der Waals surface area contributed by atoms with Gasteiger partial charge in [-0.05, 0) is 92.6 Å². The third-order valence-corrected chi connectivity index (χ3v) is 8.12. The molecule has 1 aliphatic heterocycles. The van der Waals surface area contributed by atoms with Gasteiger partial charge in [-0.15, -0.1) is 0 Å². The molecular weight excluding hydrogens is 499 g/mol. The first-order valence-electron chi connectivity index (χ1n) is 12.4. The van der Waals surface area contributed by atoms with Crippen LogP contribution in [0.5, 0.6) is 5.75 Å². The monoisotopic (exact) mass is 530 g/mol. The van der Waals surface area contributed by atoms with Gasteiger partial charge in [-0.25, -0.2) is 0 Å². The van der Waals surface area contributed by atoms with Gasteiger partial charge in [-0.3, -0.25) is 9.78 Å². The summed E-state index contributed by atoms with van der Waals surface area (Å²) in [5, 5.41) is 23.0. The van der Waals surface area contributed by atoms with E-state index in [1.807, 2.05) is 36.4 Å². The van der Waals surface area contributed by atoms with Crippen LogP contribution in [0.15, 0.2) is 48.7 Å². The molecule has 1 saturated heterocycles. The molecule has 2 N–H and O–H groups in total. The topological polar surface area (TPSA) is 82.9 Å². The number of aliphatic carboxylic acids is 1. The van der Waals surface area contributed by atoms with Gasteiger partial charge in [0.25, 0.3) is 0 Å². The fourth-order valence-electron chi connectivity index (χ4n) is 5.22. The Morgan fingerprint density at radius 2 is 2.08 bits per heavy atom. The van der Waals surface area contributed by atoms with Crippen LogP contribution in [0.2, 0.25) is 10.0 Å². The van der Waals surface area contributed by atoms with Crippen LogP contribution in [0.1, 0.15) is 42.9 Å². The van der Waals surface area contributed by atoms with Crippen LogP contribution >= 0.6 is 23.2 Å². The lowest BCUT2D eigenvalue weighted by Crippen LogP contribution is -2.44. The number of carbonyl (C=O) groups is 1. The molecule has 2 heterocycles. The molecule has 1 aromatic heterocycles. The summed E-state index contributed by atoms with van der Waals surface area (Å²) in [6, 6.07) is 13.1. The highest BCUT2D eigenvalue weighted by Gasteiger charge is 2.34. The van der Waals surface area contributed by atoms with Crippen molar-refractivity contribution < 1.29 is 19.7 Å². The van der Waals surface area contributed by atoms with E-state index < -0.39 is 18.0 Å². The first kappa shape index (κ1) is 26.7. The molecule has 1 fully saturated rings. The Bertz CT molecular complexity index is 1210. The molecule has 6 nitrogen and oxygen atoms in total. The molecule has 3 aromatic rings. The number of pyridine rings is 1. The fraction of sp³-hybridized carbons (Fsp3) is 0.429. The third-order valence-electron chi connectivity index (χ3n) is 7.26. The maximum atomic E-state index is 12.1. The quantitative estimate of drug-likeness (QED) is 0.333. The van der Waals surface area contributed by atoms with E-state index in [9.17, 15) is 15.0 Å². The van der Waals surface area contributed by atoms with Crippen molar-refractivity contribution in [2.45, 2.75) is 38.2 Å². The van der Waals surface area contributed by atoms with E-state index in [2.05, 4.69) is 9.88 Å². The van der Waals surface area contributed by atoms with E-state index in [0.29, 0.717) is 35.2 Å². The van der Waals surface area contributed by atoms with Crippen molar-refractivity contribution in [2.24, 2.45) is 11.8 Å². The number of ether oxygens (including phenoxy) is 1. The van der Waals surface area contributed by atoms with Crippen molar-refractivity contribution >= 4 is 40.1 Å². The van der Waals surface area contributed by atoms with Crippen molar-refractivity contribution in [3.05, 3.63) is 69.8 Å².